The second-order valence-corrected chi connectivity index (χ2v) is 8.36. The third-order valence-electron chi connectivity index (χ3n) is 7.15. The highest BCUT2D eigenvalue weighted by Crippen LogP contribution is 2.56. The Labute approximate surface area is 175 Å². The van der Waals surface area contributed by atoms with E-state index < -0.39 is 5.66 Å². The van der Waals surface area contributed by atoms with E-state index in [1.54, 1.807) is 12.4 Å². The van der Waals surface area contributed by atoms with Gasteiger partial charge < -0.3 is 4.74 Å². The van der Waals surface area contributed by atoms with E-state index in [0.717, 1.165) is 33.7 Å². The summed E-state index contributed by atoms with van der Waals surface area (Å²) in [5.41, 5.74) is 7.14. The molecule has 6 heteroatoms. The molecule has 6 nitrogen and oxygen atoms in total. The van der Waals surface area contributed by atoms with Gasteiger partial charge in [0.1, 0.15) is 40.5 Å². The molecular weight excluding hydrogens is 386 g/mol. The number of rotatable bonds is 0. The monoisotopic (exact) mass is 399 g/mol. The van der Waals surface area contributed by atoms with Crippen LogP contribution < -0.4 is 13.9 Å². The summed E-state index contributed by atoms with van der Waals surface area (Å²) in [6, 6.07) is 17.0. The lowest BCUT2D eigenvalue weighted by molar-refractivity contribution is -0.950. The van der Waals surface area contributed by atoms with E-state index >= 15 is 0 Å². The maximum atomic E-state index is 6.52. The molecule has 0 fully saturated rings. The fraction of sp³-hybridized carbons (Fsp3) is 0.0400. The van der Waals surface area contributed by atoms with Crippen molar-refractivity contribution in [3.05, 3.63) is 90.6 Å². The van der Waals surface area contributed by atoms with Crippen LogP contribution in [0, 0.1) is 0 Å². The fourth-order valence-electron chi connectivity index (χ4n) is 6.18. The van der Waals surface area contributed by atoms with Gasteiger partial charge in [-0.3, -0.25) is 0 Å². The standard InChI is InChI=1S/C25H13N5O/c1-2-11-29-16(5-1)14-4-3-6-17-20(14)25(29)21-18(31-17)8-7-15-19(21)24-28(12-13-30(24)25)23-22(15)26-9-10-27-23/h1-13H/q+2. The minimum Gasteiger partial charge on any atom is -0.456 e. The molecule has 0 radical (unpaired) electrons. The number of aromatic nitrogens is 5. The first-order valence-corrected chi connectivity index (χ1v) is 10.3. The zero-order valence-corrected chi connectivity index (χ0v) is 16.1. The molecule has 142 valence electrons. The average Bonchev–Trinajstić information content (AvgIpc) is 3.48. The molecule has 7 heterocycles. The molecule has 6 aromatic rings. The summed E-state index contributed by atoms with van der Waals surface area (Å²) in [6.07, 6.45) is 9.99. The van der Waals surface area contributed by atoms with Crippen molar-refractivity contribution in [2.24, 2.45) is 0 Å². The summed E-state index contributed by atoms with van der Waals surface area (Å²) < 4.78 is 13.5. The smallest absolute Gasteiger partial charge is 0.371 e. The lowest BCUT2D eigenvalue weighted by Crippen LogP contribution is -2.71. The third kappa shape index (κ3) is 1.29. The van der Waals surface area contributed by atoms with Gasteiger partial charge in [-0.05, 0) is 30.3 Å². The molecule has 2 aromatic carbocycles. The maximum Gasteiger partial charge on any atom is 0.371 e. The van der Waals surface area contributed by atoms with Crippen molar-refractivity contribution < 1.29 is 13.9 Å². The van der Waals surface area contributed by atoms with Gasteiger partial charge in [-0.1, -0.05) is 6.07 Å². The third-order valence-corrected chi connectivity index (χ3v) is 7.15. The van der Waals surface area contributed by atoms with Crippen LogP contribution in [0.3, 0.4) is 0 Å². The molecule has 9 rings (SSSR count). The Bertz CT molecular complexity index is 1840. The summed E-state index contributed by atoms with van der Waals surface area (Å²) in [7, 11) is 0. The van der Waals surface area contributed by atoms with Crippen LogP contribution in [0.15, 0.2) is 79.5 Å². The van der Waals surface area contributed by atoms with Crippen LogP contribution in [0.5, 0.6) is 11.5 Å². The van der Waals surface area contributed by atoms with Gasteiger partial charge in [0.25, 0.3) is 5.65 Å². The molecule has 1 spiro atoms. The predicted molar refractivity (Wildman–Crippen MR) is 112 cm³/mol. The fourth-order valence-corrected chi connectivity index (χ4v) is 6.18. The van der Waals surface area contributed by atoms with Gasteiger partial charge in [0, 0.05) is 29.9 Å². The van der Waals surface area contributed by atoms with E-state index in [2.05, 4.69) is 85.6 Å². The Morgan fingerprint density at radius 2 is 1.77 bits per heavy atom. The normalized spacial score (nSPS) is 18.7. The minimum absolute atomic E-state index is 0.524. The lowest BCUT2D eigenvalue weighted by Gasteiger charge is -2.27. The number of hydrogen-bond acceptors (Lipinski definition) is 3. The Morgan fingerprint density at radius 3 is 2.77 bits per heavy atom. The van der Waals surface area contributed by atoms with Crippen LogP contribution in [-0.4, -0.2) is 14.4 Å². The summed E-state index contributed by atoms with van der Waals surface area (Å²) in [6.45, 7) is 0. The van der Waals surface area contributed by atoms with Crippen molar-refractivity contribution in [3.63, 3.8) is 0 Å². The zero-order valence-electron chi connectivity index (χ0n) is 16.1. The SMILES string of the molecule is c1cc2c3c(c1)-c1cccc[n+]1C31c3c(ccc4c5nccnc5n5cc[n+]1c5c34)O2. The van der Waals surface area contributed by atoms with Gasteiger partial charge in [-0.25, -0.2) is 9.97 Å². The number of imidazole rings is 1. The molecule has 0 aliphatic carbocycles. The van der Waals surface area contributed by atoms with E-state index in [1.807, 2.05) is 0 Å². The van der Waals surface area contributed by atoms with Crippen LogP contribution in [0.25, 0.3) is 38.8 Å². The maximum absolute atomic E-state index is 6.52. The van der Waals surface area contributed by atoms with Crippen LogP contribution in [-0.2, 0) is 5.66 Å². The number of benzene rings is 2. The molecule has 0 saturated carbocycles. The summed E-state index contributed by atoms with van der Waals surface area (Å²) in [5, 5.41) is 2.29. The quantitative estimate of drug-likeness (QED) is 0.290. The van der Waals surface area contributed by atoms with Crippen molar-refractivity contribution in [1.29, 1.82) is 0 Å². The Kier molecular flexibility index (Phi) is 2.07. The second kappa shape index (κ2) is 4.39. The second-order valence-electron chi connectivity index (χ2n) is 8.36. The molecule has 0 bridgehead atoms. The number of fused-ring (bicyclic) bond motifs is 5. The van der Waals surface area contributed by atoms with Gasteiger partial charge in [0.15, 0.2) is 6.20 Å². The van der Waals surface area contributed by atoms with E-state index in [4.69, 9.17) is 9.72 Å². The highest BCUT2D eigenvalue weighted by molar-refractivity contribution is 6.12. The van der Waals surface area contributed by atoms with E-state index in [9.17, 15) is 0 Å². The molecule has 1 unspecified atom stereocenters. The van der Waals surface area contributed by atoms with Crippen molar-refractivity contribution >= 4 is 27.6 Å². The Morgan fingerprint density at radius 1 is 0.839 bits per heavy atom. The highest BCUT2D eigenvalue weighted by atomic mass is 16.5. The average molecular weight is 399 g/mol. The van der Waals surface area contributed by atoms with Crippen molar-refractivity contribution in [2.75, 3.05) is 0 Å². The number of nitrogens with zero attached hydrogens (tertiary/aromatic N) is 5. The van der Waals surface area contributed by atoms with Crippen LogP contribution in [0.1, 0.15) is 11.1 Å². The number of pyridine rings is 2. The van der Waals surface area contributed by atoms with E-state index in [0.29, 0.717) is 0 Å². The molecule has 31 heavy (non-hydrogen) atoms. The highest BCUT2D eigenvalue weighted by Gasteiger charge is 2.68. The van der Waals surface area contributed by atoms with Crippen LogP contribution in [0.4, 0.5) is 0 Å². The largest absolute Gasteiger partial charge is 0.456 e. The van der Waals surface area contributed by atoms with E-state index in [-0.39, 0.29) is 0 Å². The van der Waals surface area contributed by atoms with Gasteiger partial charge in [-0.2, -0.15) is 8.97 Å². The van der Waals surface area contributed by atoms with Crippen LogP contribution >= 0.6 is 0 Å². The number of hydrogen-bond donors (Lipinski definition) is 0. The molecule has 0 N–H and O–H groups in total. The van der Waals surface area contributed by atoms with Gasteiger partial charge in [-0.15, -0.1) is 4.57 Å². The molecule has 0 amide bonds. The predicted octanol–water partition coefficient (Wildman–Crippen LogP) is 3.31. The zero-order chi connectivity index (χ0) is 19.9. The molecule has 4 aromatic heterocycles. The minimum atomic E-state index is -0.524. The topological polar surface area (TPSA) is 47.2 Å². The lowest BCUT2D eigenvalue weighted by atomic mass is 9.86. The van der Waals surface area contributed by atoms with Crippen LogP contribution in [0.2, 0.25) is 0 Å². The molecular formula is C25H13N5O+2. The Balaban J connectivity index is 1.65. The summed E-state index contributed by atoms with van der Waals surface area (Å²) >= 11 is 0. The van der Waals surface area contributed by atoms with Gasteiger partial charge in [0.2, 0.25) is 5.69 Å². The van der Waals surface area contributed by atoms with Gasteiger partial charge in [0.05, 0.1) is 10.9 Å². The Hall–Kier alpha value is -4.32. The summed E-state index contributed by atoms with van der Waals surface area (Å²) in [5.74, 6) is 1.81. The summed E-state index contributed by atoms with van der Waals surface area (Å²) in [4.78, 5) is 9.40. The molecule has 3 aliphatic heterocycles. The number of ether oxygens (including phenoxy) is 1. The molecule has 0 saturated heterocycles. The van der Waals surface area contributed by atoms with Crippen molar-refractivity contribution in [1.82, 2.24) is 14.4 Å². The first kappa shape index (κ1) is 14.6. The van der Waals surface area contributed by atoms with Gasteiger partial charge >= 0.3 is 11.3 Å². The van der Waals surface area contributed by atoms with Crippen molar-refractivity contribution in [3.8, 4) is 22.8 Å². The molecule has 3 aliphatic rings. The molecule has 1 atom stereocenters. The first-order chi connectivity index (χ1) is 15.4. The van der Waals surface area contributed by atoms with Crippen molar-refractivity contribution in [2.45, 2.75) is 5.66 Å². The first-order valence-electron chi connectivity index (χ1n) is 10.3. The van der Waals surface area contributed by atoms with E-state index in [1.165, 1.54) is 27.8 Å².